The second kappa shape index (κ2) is 11.8. The highest BCUT2D eigenvalue weighted by molar-refractivity contribution is 6.30. The Morgan fingerprint density at radius 2 is 1.23 bits per heavy atom. The third kappa shape index (κ3) is 4.90. The molecular formula is C40H27ClFN5. The van der Waals surface area contributed by atoms with E-state index in [1.807, 2.05) is 94.3 Å². The van der Waals surface area contributed by atoms with Gasteiger partial charge in [-0.3, -0.25) is 9.25 Å². The molecule has 5 aromatic carbocycles. The Morgan fingerprint density at radius 1 is 0.617 bits per heavy atom. The van der Waals surface area contributed by atoms with Gasteiger partial charge in [-0.1, -0.05) is 121 Å². The van der Waals surface area contributed by atoms with Gasteiger partial charge >= 0.3 is 0 Å². The number of hydrogen-bond donors (Lipinski definition) is 0. The van der Waals surface area contributed by atoms with Gasteiger partial charge in [-0.05, 0) is 58.7 Å². The lowest BCUT2D eigenvalue weighted by Crippen LogP contribution is -2.38. The number of benzene rings is 5. The van der Waals surface area contributed by atoms with Crippen molar-refractivity contribution in [1.29, 1.82) is 0 Å². The van der Waals surface area contributed by atoms with Gasteiger partial charge in [0.2, 0.25) is 0 Å². The van der Waals surface area contributed by atoms with Crippen LogP contribution in [0.15, 0.2) is 164 Å². The zero-order chi connectivity index (χ0) is 31.8. The summed E-state index contributed by atoms with van der Waals surface area (Å²) >= 11 is 6.13. The predicted molar refractivity (Wildman–Crippen MR) is 185 cm³/mol. The topological polar surface area (TPSA) is 48.5 Å². The zero-order valence-corrected chi connectivity index (χ0v) is 25.8. The molecule has 0 N–H and O–H groups in total. The number of pyridine rings is 1. The van der Waals surface area contributed by atoms with Crippen molar-refractivity contribution in [2.24, 2.45) is 0 Å². The monoisotopic (exact) mass is 631 g/mol. The Hall–Kier alpha value is -5.85. The number of halogens is 2. The van der Waals surface area contributed by atoms with E-state index in [4.69, 9.17) is 16.7 Å². The van der Waals surface area contributed by atoms with E-state index in [0.29, 0.717) is 22.1 Å². The molecule has 0 aliphatic heterocycles. The minimum atomic E-state index is -0.874. The average Bonchev–Trinajstić information content (AvgIpc) is 3.76. The molecule has 3 aromatic heterocycles. The second-order valence-corrected chi connectivity index (χ2v) is 11.7. The molecule has 0 radical (unpaired) electrons. The molecule has 0 atom stereocenters. The summed E-state index contributed by atoms with van der Waals surface area (Å²) in [6.07, 6.45) is 5.40. The predicted octanol–water partition coefficient (Wildman–Crippen LogP) is 9.58. The van der Waals surface area contributed by atoms with Crippen LogP contribution in [-0.2, 0) is 5.54 Å². The maximum atomic E-state index is 15.7. The number of imidazole rings is 1. The van der Waals surface area contributed by atoms with Crippen LogP contribution in [0.2, 0.25) is 5.02 Å². The van der Waals surface area contributed by atoms with Gasteiger partial charge in [0.15, 0.2) is 0 Å². The van der Waals surface area contributed by atoms with Crippen LogP contribution < -0.4 is 0 Å². The minimum absolute atomic E-state index is 0.347. The summed E-state index contributed by atoms with van der Waals surface area (Å²) < 4.78 is 19.6. The number of fused-ring (bicyclic) bond motifs is 1. The highest BCUT2D eigenvalue weighted by atomic mass is 35.5. The Labute approximate surface area is 276 Å². The molecule has 0 aliphatic rings. The third-order valence-corrected chi connectivity index (χ3v) is 8.80. The van der Waals surface area contributed by atoms with Crippen LogP contribution in [0.5, 0.6) is 0 Å². The molecule has 5 nitrogen and oxygen atoms in total. The molecule has 0 saturated carbocycles. The molecule has 0 unspecified atom stereocenters. The molecule has 0 saturated heterocycles. The molecule has 47 heavy (non-hydrogen) atoms. The van der Waals surface area contributed by atoms with Crippen molar-refractivity contribution in [3.63, 3.8) is 0 Å². The van der Waals surface area contributed by atoms with E-state index in [0.717, 1.165) is 38.9 Å². The first-order valence-electron chi connectivity index (χ1n) is 15.2. The van der Waals surface area contributed by atoms with Crippen LogP contribution in [0.4, 0.5) is 4.39 Å². The van der Waals surface area contributed by atoms with E-state index in [1.54, 1.807) is 30.7 Å². The molecule has 226 valence electrons. The molecule has 7 heteroatoms. The summed E-state index contributed by atoms with van der Waals surface area (Å²) in [4.78, 5) is 9.13. The first kappa shape index (κ1) is 28.6. The number of rotatable bonds is 7. The van der Waals surface area contributed by atoms with Gasteiger partial charge in [-0.2, -0.15) is 5.10 Å². The van der Waals surface area contributed by atoms with Gasteiger partial charge in [0.05, 0.1) is 16.1 Å². The van der Waals surface area contributed by atoms with Crippen molar-refractivity contribution in [1.82, 2.24) is 24.3 Å². The lowest BCUT2D eigenvalue weighted by Gasteiger charge is -2.36. The van der Waals surface area contributed by atoms with E-state index in [-0.39, 0.29) is 5.82 Å². The van der Waals surface area contributed by atoms with Crippen LogP contribution in [0.3, 0.4) is 0 Å². The first-order valence-corrected chi connectivity index (χ1v) is 15.6. The average molecular weight is 632 g/mol. The quantitative estimate of drug-likeness (QED) is 0.165. The highest BCUT2D eigenvalue weighted by Crippen LogP contribution is 2.43. The molecule has 0 aliphatic carbocycles. The van der Waals surface area contributed by atoms with E-state index >= 15 is 4.39 Å². The molecule has 8 aromatic rings. The molecular weight excluding hydrogens is 605 g/mol. The lowest BCUT2D eigenvalue weighted by molar-refractivity contribution is 0.461. The van der Waals surface area contributed by atoms with Crippen molar-refractivity contribution in [2.75, 3.05) is 0 Å². The SMILES string of the molecule is Fc1ccccc1-c1nn(C(c2ccccc2)(c2ccccc2)c2ccccc2)cc1-c1ccc2ncn(-c3ccc(Cl)cn3)c2c1. The maximum absolute atomic E-state index is 15.7. The minimum Gasteiger partial charge on any atom is -0.283 e. The Bertz CT molecular complexity index is 2220. The summed E-state index contributed by atoms with van der Waals surface area (Å²) in [7, 11) is 0. The largest absolute Gasteiger partial charge is 0.283 e. The van der Waals surface area contributed by atoms with E-state index in [9.17, 15) is 0 Å². The summed E-state index contributed by atoms with van der Waals surface area (Å²) in [6, 6.07) is 47.5. The Morgan fingerprint density at radius 3 is 1.83 bits per heavy atom. The van der Waals surface area contributed by atoms with Gasteiger partial charge in [0.1, 0.15) is 29.2 Å². The van der Waals surface area contributed by atoms with Crippen molar-refractivity contribution < 1.29 is 4.39 Å². The maximum Gasteiger partial charge on any atom is 0.138 e. The standard InChI is InChI=1S/C40H27ClFN5/c41-32-21-23-38(43-25-32)46-27-44-36-22-20-28(24-37(36)46)34-26-47(45-39(34)33-18-10-11-19-35(33)42)40(29-12-4-1-5-13-29,30-14-6-2-7-15-30)31-16-8-3-9-17-31/h1-27H. The summed E-state index contributed by atoms with van der Waals surface area (Å²) in [6.45, 7) is 0. The normalized spacial score (nSPS) is 11.6. The van der Waals surface area contributed by atoms with Gasteiger partial charge < -0.3 is 0 Å². The fourth-order valence-corrected chi connectivity index (χ4v) is 6.52. The Kier molecular flexibility index (Phi) is 7.20. The fourth-order valence-electron chi connectivity index (χ4n) is 6.41. The van der Waals surface area contributed by atoms with Crippen LogP contribution in [0.1, 0.15) is 16.7 Å². The van der Waals surface area contributed by atoms with Crippen LogP contribution in [-0.4, -0.2) is 24.3 Å². The molecule has 0 fully saturated rings. The van der Waals surface area contributed by atoms with E-state index in [2.05, 4.69) is 52.4 Å². The van der Waals surface area contributed by atoms with Gasteiger partial charge in [0.25, 0.3) is 0 Å². The number of nitrogens with zero attached hydrogens (tertiary/aromatic N) is 5. The van der Waals surface area contributed by atoms with Gasteiger partial charge in [-0.15, -0.1) is 0 Å². The molecule has 0 amide bonds. The fraction of sp³-hybridized carbons (Fsp3) is 0.0250. The van der Waals surface area contributed by atoms with E-state index < -0.39 is 5.54 Å². The smallest absolute Gasteiger partial charge is 0.138 e. The summed E-state index contributed by atoms with van der Waals surface area (Å²) in [5, 5.41) is 5.86. The van der Waals surface area contributed by atoms with Gasteiger partial charge in [0, 0.05) is 23.5 Å². The Balaban J connectivity index is 1.43. The molecule has 0 spiro atoms. The van der Waals surface area contributed by atoms with Crippen molar-refractivity contribution >= 4 is 22.6 Å². The van der Waals surface area contributed by atoms with Crippen molar-refractivity contribution in [3.8, 4) is 28.2 Å². The van der Waals surface area contributed by atoms with E-state index in [1.165, 1.54) is 6.07 Å². The first-order chi connectivity index (χ1) is 23.1. The van der Waals surface area contributed by atoms with Crippen LogP contribution in [0.25, 0.3) is 39.2 Å². The molecule has 8 rings (SSSR count). The summed E-state index contributed by atoms with van der Waals surface area (Å²) in [5.74, 6) is 0.343. The molecule has 3 heterocycles. The summed E-state index contributed by atoms with van der Waals surface area (Å²) in [5.41, 5.74) is 6.43. The highest BCUT2D eigenvalue weighted by Gasteiger charge is 2.40. The third-order valence-electron chi connectivity index (χ3n) is 8.58. The van der Waals surface area contributed by atoms with Crippen LogP contribution in [0, 0.1) is 5.82 Å². The van der Waals surface area contributed by atoms with Gasteiger partial charge in [-0.25, -0.2) is 14.4 Å². The van der Waals surface area contributed by atoms with Crippen LogP contribution >= 0.6 is 11.6 Å². The molecule has 0 bridgehead atoms. The zero-order valence-electron chi connectivity index (χ0n) is 25.1. The lowest BCUT2D eigenvalue weighted by atomic mass is 9.77. The number of hydrogen-bond acceptors (Lipinski definition) is 3. The second-order valence-electron chi connectivity index (χ2n) is 11.3. The number of aromatic nitrogens is 5. The van der Waals surface area contributed by atoms with Crippen molar-refractivity contribution in [3.05, 3.63) is 192 Å². The van der Waals surface area contributed by atoms with Crippen molar-refractivity contribution in [2.45, 2.75) is 5.54 Å².